The summed E-state index contributed by atoms with van der Waals surface area (Å²) in [6.07, 6.45) is 6.08. The monoisotopic (exact) mass is 814 g/mol. The number of amides is 4. The van der Waals surface area contributed by atoms with Gasteiger partial charge in [0.25, 0.3) is 23.4 Å². The molecule has 4 amide bonds. The van der Waals surface area contributed by atoms with E-state index in [0.29, 0.717) is 30.2 Å². The van der Waals surface area contributed by atoms with Crippen LogP contribution < -0.4 is 25.4 Å². The van der Waals surface area contributed by atoms with Gasteiger partial charge in [-0.2, -0.15) is 0 Å². The molecule has 0 saturated carbocycles. The van der Waals surface area contributed by atoms with E-state index in [1.807, 2.05) is 19.0 Å². The van der Waals surface area contributed by atoms with Gasteiger partial charge in [0.1, 0.15) is 17.0 Å². The van der Waals surface area contributed by atoms with Crippen LogP contribution in [0.2, 0.25) is 0 Å². The van der Waals surface area contributed by atoms with E-state index in [-0.39, 0.29) is 70.3 Å². The molecule has 1 aromatic carbocycles. The van der Waals surface area contributed by atoms with Crippen LogP contribution in [-0.4, -0.2) is 117 Å². The number of nitrogens with one attached hydrogen (secondary N) is 3. The number of anilines is 2. The maximum absolute atomic E-state index is 13.8. The Kier molecular flexibility index (Phi) is 16.5. The number of rotatable bonds is 21. The first-order valence-corrected chi connectivity index (χ1v) is 20.8. The number of likely N-dealkylation sites (tertiary alicyclic amines) is 1. The van der Waals surface area contributed by atoms with E-state index >= 15 is 0 Å². The van der Waals surface area contributed by atoms with Gasteiger partial charge in [0.2, 0.25) is 5.91 Å². The summed E-state index contributed by atoms with van der Waals surface area (Å²) in [5.74, 6) is 0.706. The average molecular weight is 815 g/mol. The van der Waals surface area contributed by atoms with E-state index < -0.39 is 16.7 Å². The fourth-order valence-electron chi connectivity index (χ4n) is 6.46. The molecule has 0 aliphatic carbocycles. The molecule has 1 fully saturated rings. The molecule has 2 aromatic heterocycles. The highest BCUT2D eigenvalue weighted by atomic mass is 32.2. The Morgan fingerprint density at radius 1 is 0.946 bits per heavy atom. The van der Waals surface area contributed by atoms with Gasteiger partial charge >= 0.3 is 0 Å². The minimum absolute atomic E-state index is 0.0311. The molecular formula is C38H54N8O8S2. The van der Waals surface area contributed by atoms with Crippen molar-refractivity contribution in [2.24, 2.45) is 14.1 Å². The van der Waals surface area contributed by atoms with Crippen LogP contribution in [0.15, 0.2) is 36.7 Å². The predicted molar refractivity (Wildman–Crippen MR) is 221 cm³/mol. The SMILES string of the molecule is CCSC(SCC)[C@@H]1CCCN1C(=O)c1cc(OC)c(OCCCC(=O)Nc2cc(C(=O)Nc3cc(C(=O)NCCCN(C)C)n(C)c3)n(C)c2)cc1[N+](=O)[O-]. The van der Waals surface area contributed by atoms with Crippen LogP contribution in [0.25, 0.3) is 0 Å². The van der Waals surface area contributed by atoms with Crippen molar-refractivity contribution in [3.8, 4) is 11.5 Å². The number of methoxy groups -OCH3 is 1. The number of benzene rings is 1. The minimum Gasteiger partial charge on any atom is -0.493 e. The number of aryl methyl sites for hydroxylation is 2. The van der Waals surface area contributed by atoms with Gasteiger partial charge < -0.3 is 44.4 Å². The number of hydrogen-bond acceptors (Lipinski definition) is 11. The van der Waals surface area contributed by atoms with Gasteiger partial charge in [0, 0.05) is 52.1 Å². The highest BCUT2D eigenvalue weighted by Gasteiger charge is 2.38. The Morgan fingerprint density at radius 2 is 1.59 bits per heavy atom. The third kappa shape index (κ3) is 11.7. The van der Waals surface area contributed by atoms with Crippen molar-refractivity contribution >= 4 is 64.2 Å². The molecule has 306 valence electrons. The fraction of sp³-hybridized carbons (Fsp3) is 0.526. The minimum atomic E-state index is -0.587. The van der Waals surface area contributed by atoms with Crippen LogP contribution in [-0.2, 0) is 18.9 Å². The van der Waals surface area contributed by atoms with Gasteiger partial charge in [-0.15, -0.1) is 23.5 Å². The number of carbonyl (C=O) groups excluding carboxylic acids is 4. The number of ether oxygens (including phenoxy) is 2. The summed E-state index contributed by atoms with van der Waals surface area (Å²) in [7, 11) is 8.75. The van der Waals surface area contributed by atoms with E-state index in [2.05, 4.69) is 29.8 Å². The zero-order chi connectivity index (χ0) is 40.9. The van der Waals surface area contributed by atoms with Crippen LogP contribution >= 0.6 is 23.5 Å². The standard InChI is InChI=1S/C38H54N8O8S2/c1-8-55-38(56-9-2)28-13-10-17-45(28)37(50)27-21-32(53-7)33(22-29(27)46(51)52)54-18-11-14-34(47)40-25-19-31(44(6)23-25)36(49)41-26-20-30(43(5)24-26)35(48)39-15-12-16-42(3)4/h19-24,28,38H,8-18H2,1-7H3,(H,39,48)(H,40,47)(H,41,49)/t28-/m0/s1. The first-order chi connectivity index (χ1) is 26.8. The fourth-order valence-corrected chi connectivity index (χ4v) is 9.33. The van der Waals surface area contributed by atoms with Gasteiger partial charge in [-0.1, -0.05) is 13.8 Å². The highest BCUT2D eigenvalue weighted by Crippen LogP contribution is 2.39. The lowest BCUT2D eigenvalue weighted by Crippen LogP contribution is -2.41. The molecule has 1 aliphatic heterocycles. The van der Waals surface area contributed by atoms with Crippen molar-refractivity contribution in [3.05, 3.63) is 63.7 Å². The third-order valence-electron chi connectivity index (χ3n) is 9.14. The first-order valence-electron chi connectivity index (χ1n) is 18.7. The Hall–Kier alpha value is -4.68. The lowest BCUT2D eigenvalue weighted by atomic mass is 10.1. The average Bonchev–Trinajstić information content (AvgIpc) is 3.89. The zero-order valence-corrected chi connectivity index (χ0v) is 34.8. The van der Waals surface area contributed by atoms with Crippen LogP contribution in [0.1, 0.15) is 77.3 Å². The molecule has 0 radical (unpaired) electrons. The Balaban J connectivity index is 1.32. The lowest BCUT2D eigenvalue weighted by molar-refractivity contribution is -0.385. The molecule has 3 aromatic rings. The molecule has 3 heterocycles. The van der Waals surface area contributed by atoms with E-state index in [4.69, 9.17) is 9.47 Å². The molecule has 1 atom stereocenters. The summed E-state index contributed by atoms with van der Waals surface area (Å²) >= 11 is 3.58. The normalized spacial score (nSPS) is 13.9. The summed E-state index contributed by atoms with van der Waals surface area (Å²) in [5, 5.41) is 20.7. The van der Waals surface area contributed by atoms with Gasteiger partial charge in [-0.25, -0.2) is 0 Å². The maximum Gasteiger partial charge on any atom is 0.286 e. The van der Waals surface area contributed by atoms with Gasteiger partial charge in [-0.3, -0.25) is 29.3 Å². The molecule has 1 saturated heterocycles. The molecule has 3 N–H and O–H groups in total. The molecule has 1 aliphatic rings. The number of hydrogen-bond donors (Lipinski definition) is 3. The van der Waals surface area contributed by atoms with Crippen molar-refractivity contribution in [1.82, 2.24) is 24.3 Å². The Labute approximate surface area is 336 Å². The molecule has 56 heavy (non-hydrogen) atoms. The van der Waals surface area contributed by atoms with E-state index in [1.165, 1.54) is 19.2 Å². The highest BCUT2D eigenvalue weighted by molar-refractivity contribution is 8.17. The predicted octanol–water partition coefficient (Wildman–Crippen LogP) is 5.45. The largest absolute Gasteiger partial charge is 0.493 e. The first kappa shape index (κ1) is 44.0. The summed E-state index contributed by atoms with van der Waals surface area (Å²) in [6.45, 7) is 6.12. The molecule has 0 bridgehead atoms. The molecule has 4 rings (SSSR count). The second kappa shape index (κ2) is 21.0. The van der Waals surface area contributed by atoms with E-state index in [9.17, 15) is 29.3 Å². The van der Waals surface area contributed by atoms with Crippen LogP contribution in [0.5, 0.6) is 11.5 Å². The Morgan fingerprint density at radius 3 is 2.20 bits per heavy atom. The summed E-state index contributed by atoms with van der Waals surface area (Å²) in [4.78, 5) is 67.8. The smallest absolute Gasteiger partial charge is 0.286 e. The van der Waals surface area contributed by atoms with Crippen LogP contribution in [0, 0.1) is 10.1 Å². The molecule has 18 heteroatoms. The topological polar surface area (TPSA) is 182 Å². The van der Waals surface area contributed by atoms with Crippen molar-refractivity contribution in [1.29, 1.82) is 0 Å². The quantitative estimate of drug-likeness (QED) is 0.0539. The van der Waals surface area contributed by atoms with Gasteiger partial charge in [-0.05, 0) is 70.0 Å². The summed E-state index contributed by atoms with van der Waals surface area (Å²) in [6, 6.07) is 5.71. The maximum atomic E-state index is 13.8. The van der Waals surface area contributed by atoms with Crippen LogP contribution in [0.3, 0.4) is 0 Å². The van der Waals surface area contributed by atoms with E-state index in [1.54, 1.807) is 76.2 Å². The van der Waals surface area contributed by atoms with Gasteiger partial charge in [0.05, 0.1) is 46.7 Å². The number of nitro groups is 1. The summed E-state index contributed by atoms with van der Waals surface area (Å²) < 4.78 is 14.7. The summed E-state index contributed by atoms with van der Waals surface area (Å²) in [5.41, 5.74) is 1.14. The van der Waals surface area contributed by atoms with Crippen molar-refractivity contribution in [3.63, 3.8) is 0 Å². The number of nitrogens with zero attached hydrogens (tertiary/aromatic N) is 5. The molecule has 16 nitrogen and oxygen atoms in total. The van der Waals surface area contributed by atoms with E-state index in [0.717, 1.165) is 37.3 Å². The number of nitro benzene ring substituents is 1. The number of aromatic nitrogens is 2. The van der Waals surface area contributed by atoms with Gasteiger partial charge in [0.15, 0.2) is 11.5 Å². The second-order valence-electron chi connectivity index (χ2n) is 13.6. The number of thioether (sulfide) groups is 2. The van der Waals surface area contributed by atoms with Crippen LogP contribution in [0.4, 0.5) is 17.1 Å². The van der Waals surface area contributed by atoms with Crippen molar-refractivity contribution in [2.75, 3.05) is 69.6 Å². The molecular weight excluding hydrogens is 761 g/mol. The number of carbonyl (C=O) groups is 4. The zero-order valence-electron chi connectivity index (χ0n) is 33.2. The molecule has 0 unspecified atom stereocenters. The Bertz CT molecular complexity index is 1860. The molecule has 0 spiro atoms. The van der Waals surface area contributed by atoms with Crippen molar-refractivity contribution in [2.45, 2.75) is 56.6 Å². The lowest BCUT2D eigenvalue weighted by Gasteiger charge is -2.31. The van der Waals surface area contributed by atoms with Crippen molar-refractivity contribution < 1.29 is 33.6 Å². The second-order valence-corrected chi connectivity index (χ2v) is 16.7. The third-order valence-corrected chi connectivity index (χ3v) is 11.9.